The van der Waals surface area contributed by atoms with Gasteiger partial charge in [-0.25, -0.2) is 28.9 Å². The molecule has 0 spiro atoms. The van der Waals surface area contributed by atoms with Crippen LogP contribution in [0.2, 0.25) is 0 Å². The SMILES string of the molecule is Cc1cn([C@H]2C[C@H](OP(=O)(O)OC[C@H]3O[C@@H](n4cnc5c(N)ncnc54)C[C@@H]3O)[C@@H](COP(=O)(O)O[C@H]3CCO[C@@H]3CO[P+](=O)O)O2)c(=O)[nH]c1=O. The average molecular weight is 799 g/mol. The van der Waals surface area contributed by atoms with Gasteiger partial charge in [-0.05, 0) is 6.92 Å². The Bertz CT molecular complexity index is 1990. The highest BCUT2D eigenvalue weighted by Gasteiger charge is 2.45. The molecule has 0 saturated carbocycles. The molecule has 3 unspecified atom stereocenters. The summed E-state index contributed by atoms with van der Waals surface area (Å²) in [6.45, 7) is -0.281. The number of aromatic nitrogens is 6. The number of aliphatic hydroxyl groups is 1. The van der Waals surface area contributed by atoms with E-state index < -0.39 is 104 Å². The van der Waals surface area contributed by atoms with E-state index in [1.54, 1.807) is 0 Å². The molecule has 3 aromatic rings. The molecular formula is C25H35N7O17P3+. The van der Waals surface area contributed by atoms with E-state index in [2.05, 4.69) is 24.5 Å². The zero-order valence-electron chi connectivity index (χ0n) is 27.1. The van der Waals surface area contributed by atoms with Crippen molar-refractivity contribution in [3.8, 4) is 0 Å². The maximum Gasteiger partial charge on any atom is 0.694 e. The number of ether oxygens (including phenoxy) is 3. The summed E-state index contributed by atoms with van der Waals surface area (Å²) in [6.07, 6.45) is -5.40. The lowest BCUT2D eigenvalue weighted by Gasteiger charge is -2.24. The number of H-pyrrole nitrogens is 1. The monoisotopic (exact) mass is 798 g/mol. The third-order valence-corrected chi connectivity index (χ3v) is 10.8. The molecule has 3 aliphatic rings. The number of rotatable bonds is 15. The van der Waals surface area contributed by atoms with Crippen LogP contribution in [0.3, 0.4) is 0 Å². The lowest BCUT2D eigenvalue weighted by atomic mass is 10.2. The number of phosphoric acid groups is 2. The summed E-state index contributed by atoms with van der Waals surface area (Å²) in [7, 11) is -12.9. The Morgan fingerprint density at radius 3 is 2.38 bits per heavy atom. The first-order valence-electron chi connectivity index (χ1n) is 15.6. The van der Waals surface area contributed by atoms with E-state index >= 15 is 0 Å². The number of nitrogens with one attached hydrogen (secondary N) is 1. The molecule has 11 atom stereocenters. The van der Waals surface area contributed by atoms with Gasteiger partial charge in [-0.3, -0.25) is 37.0 Å². The number of aliphatic hydroxyl groups excluding tert-OH is 1. The fourth-order valence-corrected chi connectivity index (χ4v) is 8.04. The number of fused-ring (bicyclic) bond motifs is 1. The number of nitrogens with two attached hydrogens (primary N) is 1. The second-order valence-corrected chi connectivity index (χ2v) is 15.5. The first kappa shape index (κ1) is 38.8. The highest BCUT2D eigenvalue weighted by molar-refractivity contribution is 7.47. The van der Waals surface area contributed by atoms with Crippen molar-refractivity contribution in [2.45, 2.75) is 75.3 Å². The van der Waals surface area contributed by atoms with Gasteiger partial charge in [-0.1, -0.05) is 0 Å². The van der Waals surface area contributed by atoms with Gasteiger partial charge in [0, 0.05) is 42.2 Å². The highest BCUT2D eigenvalue weighted by atomic mass is 31.2. The van der Waals surface area contributed by atoms with Crippen molar-refractivity contribution in [1.82, 2.24) is 29.1 Å². The minimum Gasteiger partial charge on any atom is -0.390 e. The molecule has 24 nitrogen and oxygen atoms in total. The fraction of sp³-hybridized carbons (Fsp3) is 0.640. The normalized spacial score (nSPS) is 30.4. The van der Waals surface area contributed by atoms with Gasteiger partial charge in [0.1, 0.15) is 61.4 Å². The molecule has 3 aromatic heterocycles. The van der Waals surface area contributed by atoms with Gasteiger partial charge < -0.3 is 34.8 Å². The Labute approximate surface area is 292 Å². The summed E-state index contributed by atoms with van der Waals surface area (Å²) < 4.78 is 82.1. The number of phosphoric ester groups is 2. The van der Waals surface area contributed by atoms with Crippen LogP contribution < -0.4 is 17.0 Å². The second kappa shape index (κ2) is 15.8. The van der Waals surface area contributed by atoms with Crippen molar-refractivity contribution < 1.29 is 70.3 Å². The van der Waals surface area contributed by atoms with Crippen LogP contribution in [0, 0.1) is 6.92 Å². The molecule has 3 saturated heterocycles. The van der Waals surface area contributed by atoms with Crippen LogP contribution in [-0.2, 0) is 50.5 Å². The number of imidazole rings is 1. The molecule has 3 fully saturated rings. The quantitative estimate of drug-likeness (QED) is 0.107. The molecule has 27 heteroatoms. The molecule has 6 rings (SSSR count). The van der Waals surface area contributed by atoms with Gasteiger partial charge in [-0.2, -0.15) is 0 Å². The summed E-state index contributed by atoms with van der Waals surface area (Å²) in [6, 6.07) is 0. The topological polar surface area (TPSA) is 330 Å². The van der Waals surface area contributed by atoms with Crippen LogP contribution >= 0.6 is 23.9 Å². The predicted octanol–water partition coefficient (Wildman–Crippen LogP) is -0.337. The Kier molecular flexibility index (Phi) is 11.8. The fourth-order valence-electron chi connectivity index (χ4n) is 5.83. The van der Waals surface area contributed by atoms with Crippen LogP contribution in [0.25, 0.3) is 11.2 Å². The van der Waals surface area contributed by atoms with E-state index in [0.717, 1.165) is 4.57 Å². The molecule has 6 heterocycles. The summed E-state index contributed by atoms with van der Waals surface area (Å²) >= 11 is 0. The number of hydrogen-bond donors (Lipinski definition) is 6. The standard InChI is InChI=1S/C25H34N7O17P3/c1-12-6-31(25(35)30-24(12)34)20-5-15(18(47-20)9-45-51(38,39)48-14-2-3-42-17(14)7-43-50(36)37)49-52(40,41)44-8-16-13(33)4-19(46-16)32-11-29-21-22(26)27-10-28-23(21)32/h6,10-11,13-20,33H,2-5,7-9H2,1H3,(H5-,26,27,28,30,34,35,36,37,38,39,40,41)/p+1/t13-,14-,15-,16+,17+,18+,19+,20+/m0/s1. The first-order valence-corrected chi connectivity index (χ1v) is 19.7. The average Bonchev–Trinajstić information content (AvgIpc) is 3.86. The molecule has 0 aliphatic carbocycles. The largest absolute Gasteiger partial charge is 0.694 e. The summed E-state index contributed by atoms with van der Waals surface area (Å²) in [5.41, 5.74) is 5.11. The zero-order valence-corrected chi connectivity index (χ0v) is 29.7. The van der Waals surface area contributed by atoms with Gasteiger partial charge in [0.15, 0.2) is 11.5 Å². The van der Waals surface area contributed by atoms with Crippen molar-refractivity contribution in [2.24, 2.45) is 0 Å². The number of nitrogen functional groups attached to an aromatic ring is 1. The van der Waals surface area contributed by atoms with Gasteiger partial charge in [-0.15, -0.1) is 9.42 Å². The summed E-state index contributed by atoms with van der Waals surface area (Å²) in [5.74, 6) is 0.138. The maximum atomic E-state index is 13.2. The van der Waals surface area contributed by atoms with Crippen LogP contribution in [0.1, 0.15) is 37.3 Å². The van der Waals surface area contributed by atoms with Gasteiger partial charge in [0.25, 0.3) is 5.56 Å². The van der Waals surface area contributed by atoms with Crippen molar-refractivity contribution in [3.05, 3.63) is 45.3 Å². The smallest absolute Gasteiger partial charge is 0.390 e. The zero-order chi connectivity index (χ0) is 37.4. The number of nitrogens with zero attached hydrogens (tertiary/aromatic N) is 5. The summed E-state index contributed by atoms with van der Waals surface area (Å²) in [5, 5.41) is 10.7. The Hall–Kier alpha value is -2.89. The molecule has 0 amide bonds. The number of aromatic amines is 1. The van der Waals surface area contributed by atoms with Crippen molar-refractivity contribution in [2.75, 3.05) is 32.2 Å². The molecular weight excluding hydrogens is 763 g/mol. The van der Waals surface area contributed by atoms with E-state index in [4.69, 9.17) is 42.9 Å². The minimum absolute atomic E-state index is 0.0380. The summed E-state index contributed by atoms with van der Waals surface area (Å²) in [4.78, 5) is 68.9. The molecule has 286 valence electrons. The van der Waals surface area contributed by atoms with E-state index in [1.165, 1.54) is 30.3 Å². The maximum absolute atomic E-state index is 13.2. The Morgan fingerprint density at radius 1 is 0.981 bits per heavy atom. The molecule has 52 heavy (non-hydrogen) atoms. The van der Waals surface area contributed by atoms with Crippen molar-refractivity contribution >= 4 is 40.9 Å². The van der Waals surface area contributed by atoms with E-state index in [-0.39, 0.29) is 37.3 Å². The van der Waals surface area contributed by atoms with Crippen molar-refractivity contribution in [1.29, 1.82) is 0 Å². The third kappa shape index (κ3) is 9.07. The van der Waals surface area contributed by atoms with Gasteiger partial charge >= 0.3 is 29.6 Å². The van der Waals surface area contributed by atoms with Crippen LogP contribution in [0.4, 0.5) is 5.82 Å². The van der Waals surface area contributed by atoms with Crippen LogP contribution in [-0.4, -0.2) is 112 Å². The lowest BCUT2D eigenvalue weighted by molar-refractivity contribution is -0.0585. The molecule has 0 bridgehead atoms. The number of aryl methyl sites for hydroxylation is 1. The Morgan fingerprint density at radius 2 is 1.65 bits per heavy atom. The second-order valence-electron chi connectivity index (χ2n) is 11.9. The molecule has 3 aliphatic heterocycles. The van der Waals surface area contributed by atoms with E-state index in [0.29, 0.717) is 11.2 Å². The Balaban J connectivity index is 1.11. The molecule has 0 aromatic carbocycles. The third-order valence-electron chi connectivity index (χ3n) is 8.38. The highest BCUT2D eigenvalue weighted by Crippen LogP contribution is 2.51. The molecule has 7 N–H and O–H groups in total. The van der Waals surface area contributed by atoms with Gasteiger partial charge in [0.2, 0.25) is 0 Å². The lowest BCUT2D eigenvalue weighted by Crippen LogP contribution is -2.33. The minimum atomic E-state index is -5.01. The first-order chi connectivity index (χ1) is 24.6. The number of anilines is 1. The van der Waals surface area contributed by atoms with Crippen molar-refractivity contribution in [3.63, 3.8) is 0 Å². The predicted molar refractivity (Wildman–Crippen MR) is 170 cm³/mol. The van der Waals surface area contributed by atoms with E-state index in [1.807, 2.05) is 0 Å². The number of hydrogen-bond acceptors (Lipinski definition) is 18. The van der Waals surface area contributed by atoms with Crippen LogP contribution in [0.5, 0.6) is 0 Å². The molecule has 0 radical (unpaired) electrons. The van der Waals surface area contributed by atoms with Crippen LogP contribution in [0.15, 0.2) is 28.4 Å². The van der Waals surface area contributed by atoms with Gasteiger partial charge in [0.05, 0.1) is 25.6 Å². The van der Waals surface area contributed by atoms with E-state index in [9.17, 15) is 38.2 Å².